The highest BCUT2D eigenvalue weighted by molar-refractivity contribution is 5.60. The molecule has 3 heteroatoms. The molecule has 3 nitrogen and oxygen atoms in total. The quantitative estimate of drug-likeness (QED) is 0.881. The number of nitrogens with one attached hydrogen (secondary N) is 1. The zero-order valence-corrected chi connectivity index (χ0v) is 13.4. The molecule has 0 bridgehead atoms. The summed E-state index contributed by atoms with van der Waals surface area (Å²) in [7, 11) is 5.85. The summed E-state index contributed by atoms with van der Waals surface area (Å²) in [4.78, 5) is 2.31. The van der Waals surface area contributed by atoms with Crippen molar-refractivity contribution in [1.82, 2.24) is 5.32 Å². The molecule has 1 rings (SSSR count). The van der Waals surface area contributed by atoms with Crippen molar-refractivity contribution in [2.45, 2.75) is 33.7 Å². The smallest absolute Gasteiger partial charge is 0.125 e. The van der Waals surface area contributed by atoms with Crippen molar-refractivity contribution in [1.29, 1.82) is 0 Å². The first kappa shape index (κ1) is 15.8. The Morgan fingerprint density at radius 3 is 2.42 bits per heavy atom. The highest BCUT2D eigenvalue weighted by Crippen LogP contribution is 2.35. The molecular formula is C16H28N2O. The highest BCUT2D eigenvalue weighted by Gasteiger charge is 2.20. The van der Waals surface area contributed by atoms with E-state index in [4.69, 9.17) is 4.74 Å². The minimum absolute atomic E-state index is 0.258. The molecule has 0 heterocycles. The molecule has 1 unspecified atom stereocenters. The topological polar surface area (TPSA) is 24.5 Å². The standard InChI is InChI=1S/C16H28N2O/c1-12(17-5)15-13(9-8-10-14(15)19-7)18(6)11-16(2,3)4/h8-10,12,17H,11H2,1-7H3. The molecule has 19 heavy (non-hydrogen) atoms. The van der Waals surface area contributed by atoms with Crippen LogP contribution in [0.1, 0.15) is 39.3 Å². The van der Waals surface area contributed by atoms with E-state index in [2.05, 4.69) is 57.1 Å². The molecule has 0 saturated heterocycles. The predicted octanol–water partition coefficient (Wildman–Crippen LogP) is 3.46. The number of anilines is 1. The monoisotopic (exact) mass is 264 g/mol. The zero-order chi connectivity index (χ0) is 14.6. The Morgan fingerprint density at radius 1 is 1.32 bits per heavy atom. The molecule has 0 aromatic heterocycles. The van der Waals surface area contributed by atoms with E-state index >= 15 is 0 Å². The lowest BCUT2D eigenvalue weighted by molar-refractivity contribution is 0.400. The van der Waals surface area contributed by atoms with Gasteiger partial charge in [0.1, 0.15) is 5.75 Å². The number of benzene rings is 1. The number of rotatable bonds is 5. The van der Waals surface area contributed by atoms with E-state index in [1.54, 1.807) is 7.11 Å². The number of hydrogen-bond acceptors (Lipinski definition) is 3. The Hall–Kier alpha value is -1.22. The van der Waals surface area contributed by atoms with E-state index in [0.29, 0.717) is 0 Å². The lowest BCUT2D eigenvalue weighted by Crippen LogP contribution is -2.30. The second kappa shape index (κ2) is 6.29. The Labute approximate surface area is 118 Å². The average Bonchev–Trinajstić information content (AvgIpc) is 2.34. The zero-order valence-electron chi connectivity index (χ0n) is 13.4. The first-order valence-electron chi connectivity index (χ1n) is 6.85. The Bertz CT molecular complexity index is 410. The summed E-state index contributed by atoms with van der Waals surface area (Å²) < 4.78 is 5.52. The second-order valence-corrected chi connectivity index (χ2v) is 6.32. The fourth-order valence-corrected chi connectivity index (χ4v) is 2.42. The van der Waals surface area contributed by atoms with Gasteiger partial charge in [-0.1, -0.05) is 26.8 Å². The van der Waals surface area contributed by atoms with Crippen LogP contribution in [0.2, 0.25) is 0 Å². The van der Waals surface area contributed by atoms with E-state index in [0.717, 1.165) is 12.3 Å². The summed E-state index contributed by atoms with van der Waals surface area (Å²) in [5.41, 5.74) is 2.72. The van der Waals surface area contributed by atoms with Gasteiger partial charge in [0.2, 0.25) is 0 Å². The van der Waals surface area contributed by atoms with Gasteiger partial charge in [-0.25, -0.2) is 0 Å². The van der Waals surface area contributed by atoms with Gasteiger partial charge in [-0.05, 0) is 31.5 Å². The van der Waals surface area contributed by atoms with Crippen molar-refractivity contribution in [2.75, 3.05) is 32.6 Å². The normalized spacial score (nSPS) is 13.2. The van der Waals surface area contributed by atoms with Gasteiger partial charge in [0, 0.05) is 30.9 Å². The van der Waals surface area contributed by atoms with Gasteiger partial charge in [-0.2, -0.15) is 0 Å². The first-order valence-corrected chi connectivity index (χ1v) is 6.85. The van der Waals surface area contributed by atoms with Crippen molar-refractivity contribution in [2.24, 2.45) is 5.41 Å². The minimum atomic E-state index is 0.258. The summed E-state index contributed by atoms with van der Waals surface area (Å²) in [5.74, 6) is 0.945. The first-order chi connectivity index (χ1) is 8.80. The lowest BCUT2D eigenvalue weighted by Gasteiger charge is -2.31. The van der Waals surface area contributed by atoms with Crippen molar-refractivity contribution in [3.63, 3.8) is 0 Å². The predicted molar refractivity (Wildman–Crippen MR) is 83.2 cm³/mol. The molecule has 0 saturated carbocycles. The van der Waals surface area contributed by atoms with Crippen LogP contribution in [0.4, 0.5) is 5.69 Å². The third-order valence-electron chi connectivity index (χ3n) is 3.25. The van der Waals surface area contributed by atoms with Crippen LogP contribution in [0.5, 0.6) is 5.75 Å². The Morgan fingerprint density at radius 2 is 1.95 bits per heavy atom. The van der Waals surface area contributed by atoms with Crippen molar-refractivity contribution in [3.05, 3.63) is 23.8 Å². The number of nitrogens with zero attached hydrogens (tertiary/aromatic N) is 1. The molecule has 1 N–H and O–H groups in total. The van der Waals surface area contributed by atoms with Gasteiger partial charge in [-0.3, -0.25) is 0 Å². The number of ether oxygens (including phenoxy) is 1. The fourth-order valence-electron chi connectivity index (χ4n) is 2.42. The molecular weight excluding hydrogens is 236 g/mol. The summed E-state index contributed by atoms with van der Waals surface area (Å²) >= 11 is 0. The molecule has 0 aliphatic rings. The van der Waals surface area contributed by atoms with E-state index in [-0.39, 0.29) is 11.5 Å². The highest BCUT2D eigenvalue weighted by atomic mass is 16.5. The van der Waals surface area contributed by atoms with Crippen LogP contribution < -0.4 is 15.0 Å². The van der Waals surface area contributed by atoms with Crippen LogP contribution in [-0.4, -0.2) is 27.7 Å². The van der Waals surface area contributed by atoms with Crippen LogP contribution in [0.15, 0.2) is 18.2 Å². The van der Waals surface area contributed by atoms with Crippen molar-refractivity contribution in [3.8, 4) is 5.75 Å². The van der Waals surface area contributed by atoms with E-state index in [1.165, 1.54) is 11.3 Å². The van der Waals surface area contributed by atoms with Gasteiger partial charge in [-0.15, -0.1) is 0 Å². The molecule has 108 valence electrons. The van der Waals surface area contributed by atoms with Gasteiger partial charge in [0.05, 0.1) is 7.11 Å². The summed E-state index contributed by atoms with van der Waals surface area (Å²) in [6.45, 7) is 9.93. The van der Waals surface area contributed by atoms with Crippen LogP contribution in [0.3, 0.4) is 0 Å². The molecule has 0 aliphatic heterocycles. The number of hydrogen-bond donors (Lipinski definition) is 1. The third-order valence-corrected chi connectivity index (χ3v) is 3.25. The molecule has 1 atom stereocenters. The molecule has 1 aromatic carbocycles. The third kappa shape index (κ3) is 4.13. The van der Waals surface area contributed by atoms with Crippen LogP contribution in [0, 0.1) is 5.41 Å². The second-order valence-electron chi connectivity index (χ2n) is 6.32. The van der Waals surface area contributed by atoms with Gasteiger partial charge < -0.3 is 15.0 Å². The maximum Gasteiger partial charge on any atom is 0.125 e. The molecule has 0 radical (unpaired) electrons. The van der Waals surface area contributed by atoms with E-state index in [9.17, 15) is 0 Å². The largest absolute Gasteiger partial charge is 0.496 e. The average molecular weight is 264 g/mol. The van der Waals surface area contributed by atoms with Gasteiger partial charge in [0.15, 0.2) is 0 Å². The lowest BCUT2D eigenvalue weighted by atomic mass is 9.95. The van der Waals surface area contributed by atoms with Crippen molar-refractivity contribution >= 4 is 5.69 Å². The van der Waals surface area contributed by atoms with Crippen LogP contribution >= 0.6 is 0 Å². The maximum absolute atomic E-state index is 5.52. The van der Waals surface area contributed by atoms with Crippen LogP contribution in [-0.2, 0) is 0 Å². The summed E-state index contributed by atoms with van der Waals surface area (Å²) in [6.07, 6.45) is 0. The van der Waals surface area contributed by atoms with E-state index < -0.39 is 0 Å². The summed E-state index contributed by atoms with van der Waals surface area (Å²) in [6, 6.07) is 6.50. The van der Waals surface area contributed by atoms with Gasteiger partial charge in [0.25, 0.3) is 0 Å². The molecule has 0 amide bonds. The minimum Gasteiger partial charge on any atom is -0.496 e. The van der Waals surface area contributed by atoms with Crippen LogP contribution in [0.25, 0.3) is 0 Å². The van der Waals surface area contributed by atoms with Gasteiger partial charge >= 0.3 is 0 Å². The Kier molecular flexibility index (Phi) is 5.24. The number of methoxy groups -OCH3 is 1. The molecule has 1 aromatic rings. The maximum atomic E-state index is 5.52. The summed E-state index contributed by atoms with van der Waals surface area (Å²) in [5, 5.41) is 3.31. The van der Waals surface area contributed by atoms with Crippen molar-refractivity contribution < 1.29 is 4.74 Å². The SMILES string of the molecule is CNC(C)c1c(OC)cccc1N(C)CC(C)(C)C. The Balaban J connectivity index is 3.19. The van der Waals surface area contributed by atoms with E-state index in [1.807, 2.05) is 13.1 Å². The fraction of sp³-hybridized carbons (Fsp3) is 0.625. The molecule has 0 spiro atoms. The molecule has 0 aliphatic carbocycles. The molecule has 0 fully saturated rings.